The molecule has 0 bridgehead atoms. The van der Waals surface area contributed by atoms with Gasteiger partial charge in [0.2, 0.25) is 5.91 Å². The predicted octanol–water partition coefficient (Wildman–Crippen LogP) is 0.971. The van der Waals surface area contributed by atoms with Crippen LogP contribution in [0.4, 0.5) is 0 Å². The van der Waals surface area contributed by atoms with Crippen molar-refractivity contribution in [3.05, 3.63) is 22.7 Å². The van der Waals surface area contributed by atoms with Gasteiger partial charge in [-0.15, -0.1) is 0 Å². The molecule has 0 aliphatic heterocycles. The van der Waals surface area contributed by atoms with Crippen LogP contribution in [0.2, 0.25) is 5.02 Å². The first-order valence-corrected chi connectivity index (χ1v) is 5.34. The number of nitrogens with two attached hydrogens (primary N) is 1. The average molecular weight is 259 g/mol. The predicted molar refractivity (Wildman–Crippen MR) is 65.2 cm³/mol. The van der Waals surface area contributed by atoms with Gasteiger partial charge in [-0.1, -0.05) is 11.6 Å². The standard InChI is InChI=1S/C11H15ClN2O3/c1-14(6-10(13)15)5-7-3-8(12)4-9(17-2)11(7)16/h3-4,16H,5-6H2,1-2H3,(H2,13,15). The number of carbonyl (C=O) groups excluding carboxylic acids is 1. The molecular weight excluding hydrogens is 244 g/mol. The molecule has 1 rings (SSSR count). The zero-order chi connectivity index (χ0) is 13.0. The summed E-state index contributed by atoms with van der Waals surface area (Å²) in [5.41, 5.74) is 5.66. The highest BCUT2D eigenvalue weighted by molar-refractivity contribution is 6.30. The Morgan fingerprint density at radius 1 is 1.59 bits per heavy atom. The van der Waals surface area contributed by atoms with Crippen LogP contribution in [0, 0.1) is 0 Å². The van der Waals surface area contributed by atoms with Crippen LogP contribution < -0.4 is 10.5 Å². The second kappa shape index (κ2) is 5.75. The molecule has 0 radical (unpaired) electrons. The number of hydrogen-bond donors (Lipinski definition) is 2. The van der Waals surface area contributed by atoms with E-state index in [1.165, 1.54) is 13.2 Å². The van der Waals surface area contributed by atoms with Crippen molar-refractivity contribution in [2.75, 3.05) is 20.7 Å². The van der Waals surface area contributed by atoms with Crippen molar-refractivity contribution >= 4 is 17.5 Å². The minimum Gasteiger partial charge on any atom is -0.504 e. The molecule has 1 aromatic rings. The zero-order valence-corrected chi connectivity index (χ0v) is 10.5. The molecule has 0 aromatic heterocycles. The Labute approximate surface area is 105 Å². The molecule has 0 spiro atoms. The lowest BCUT2D eigenvalue weighted by Gasteiger charge is -2.16. The molecule has 94 valence electrons. The van der Waals surface area contributed by atoms with Crippen molar-refractivity contribution in [1.82, 2.24) is 4.90 Å². The zero-order valence-electron chi connectivity index (χ0n) is 9.74. The van der Waals surface area contributed by atoms with Crippen molar-refractivity contribution in [1.29, 1.82) is 0 Å². The normalized spacial score (nSPS) is 10.6. The van der Waals surface area contributed by atoms with Gasteiger partial charge in [-0.25, -0.2) is 0 Å². The molecule has 0 fully saturated rings. The highest BCUT2D eigenvalue weighted by Gasteiger charge is 2.12. The fourth-order valence-corrected chi connectivity index (χ4v) is 1.75. The monoisotopic (exact) mass is 258 g/mol. The number of halogens is 1. The molecule has 17 heavy (non-hydrogen) atoms. The van der Waals surface area contributed by atoms with Gasteiger partial charge in [0.15, 0.2) is 11.5 Å². The van der Waals surface area contributed by atoms with E-state index >= 15 is 0 Å². The van der Waals surface area contributed by atoms with Gasteiger partial charge in [0.25, 0.3) is 0 Å². The van der Waals surface area contributed by atoms with E-state index < -0.39 is 5.91 Å². The van der Waals surface area contributed by atoms with E-state index in [9.17, 15) is 9.90 Å². The number of likely N-dealkylation sites (N-methyl/N-ethyl adjacent to an activating group) is 1. The smallest absolute Gasteiger partial charge is 0.231 e. The van der Waals surface area contributed by atoms with Gasteiger partial charge in [-0.2, -0.15) is 0 Å². The fraction of sp³-hybridized carbons (Fsp3) is 0.364. The number of nitrogens with zero attached hydrogens (tertiary/aromatic N) is 1. The van der Waals surface area contributed by atoms with Crippen LogP contribution >= 0.6 is 11.6 Å². The number of ether oxygens (including phenoxy) is 1. The summed E-state index contributed by atoms with van der Waals surface area (Å²) in [6.07, 6.45) is 0. The maximum absolute atomic E-state index is 10.7. The van der Waals surface area contributed by atoms with Gasteiger partial charge in [0.05, 0.1) is 13.7 Å². The van der Waals surface area contributed by atoms with E-state index in [0.29, 0.717) is 22.9 Å². The Bertz CT molecular complexity index is 423. The van der Waals surface area contributed by atoms with E-state index in [-0.39, 0.29) is 12.3 Å². The van der Waals surface area contributed by atoms with Crippen molar-refractivity contribution < 1.29 is 14.6 Å². The maximum Gasteiger partial charge on any atom is 0.231 e. The van der Waals surface area contributed by atoms with Crippen LogP contribution in [-0.4, -0.2) is 36.6 Å². The molecular formula is C11H15ClN2O3. The maximum atomic E-state index is 10.7. The number of phenolic OH excluding ortho intramolecular Hbond substituents is 1. The van der Waals surface area contributed by atoms with E-state index in [1.807, 2.05) is 0 Å². The summed E-state index contributed by atoms with van der Waals surface area (Å²) in [6, 6.07) is 3.14. The van der Waals surface area contributed by atoms with E-state index in [4.69, 9.17) is 22.1 Å². The van der Waals surface area contributed by atoms with Gasteiger partial charge in [0, 0.05) is 23.2 Å². The number of primary amides is 1. The third kappa shape index (κ3) is 3.80. The number of carbonyl (C=O) groups is 1. The van der Waals surface area contributed by atoms with Crippen LogP contribution in [0.15, 0.2) is 12.1 Å². The number of amides is 1. The number of benzene rings is 1. The molecule has 0 saturated heterocycles. The first-order valence-electron chi connectivity index (χ1n) is 4.96. The lowest BCUT2D eigenvalue weighted by molar-refractivity contribution is -0.118. The quantitative estimate of drug-likeness (QED) is 0.825. The topological polar surface area (TPSA) is 75.8 Å². The molecule has 1 amide bonds. The molecule has 3 N–H and O–H groups in total. The summed E-state index contributed by atoms with van der Waals surface area (Å²) in [5.74, 6) is -0.103. The lowest BCUT2D eigenvalue weighted by Crippen LogP contribution is -2.30. The summed E-state index contributed by atoms with van der Waals surface area (Å²) in [6.45, 7) is 0.458. The number of phenols is 1. The highest BCUT2D eigenvalue weighted by Crippen LogP contribution is 2.33. The number of methoxy groups -OCH3 is 1. The third-order valence-electron chi connectivity index (χ3n) is 2.20. The fourth-order valence-electron chi connectivity index (χ4n) is 1.52. The Morgan fingerprint density at radius 3 is 2.76 bits per heavy atom. The van der Waals surface area contributed by atoms with Crippen molar-refractivity contribution in [3.63, 3.8) is 0 Å². The first kappa shape index (κ1) is 13.6. The Kier molecular flexibility index (Phi) is 4.60. The molecule has 0 atom stereocenters. The minimum atomic E-state index is -0.430. The van der Waals surface area contributed by atoms with Crippen molar-refractivity contribution in [3.8, 4) is 11.5 Å². The van der Waals surface area contributed by atoms with Gasteiger partial charge >= 0.3 is 0 Å². The Balaban J connectivity index is 2.90. The SMILES string of the molecule is COc1cc(Cl)cc(CN(C)CC(N)=O)c1O. The molecule has 0 aliphatic rings. The van der Waals surface area contributed by atoms with E-state index in [2.05, 4.69) is 0 Å². The Morgan fingerprint density at radius 2 is 2.24 bits per heavy atom. The average Bonchev–Trinajstić information content (AvgIpc) is 2.21. The molecule has 0 saturated carbocycles. The molecule has 1 aromatic carbocycles. The first-order chi connectivity index (χ1) is 7.93. The second-order valence-corrected chi connectivity index (χ2v) is 4.19. The largest absolute Gasteiger partial charge is 0.504 e. The van der Waals surface area contributed by atoms with Crippen LogP contribution in [0.3, 0.4) is 0 Å². The van der Waals surface area contributed by atoms with Crippen LogP contribution in [0.25, 0.3) is 0 Å². The summed E-state index contributed by atoms with van der Waals surface area (Å²) < 4.78 is 4.98. The van der Waals surface area contributed by atoms with E-state index in [1.54, 1.807) is 18.0 Å². The van der Waals surface area contributed by atoms with Gasteiger partial charge in [-0.3, -0.25) is 9.69 Å². The van der Waals surface area contributed by atoms with Gasteiger partial charge in [0.1, 0.15) is 0 Å². The number of rotatable bonds is 5. The number of aromatic hydroxyl groups is 1. The van der Waals surface area contributed by atoms with Crippen LogP contribution in [0.5, 0.6) is 11.5 Å². The summed E-state index contributed by atoms with van der Waals surface area (Å²) in [7, 11) is 3.17. The van der Waals surface area contributed by atoms with Crippen LogP contribution in [-0.2, 0) is 11.3 Å². The summed E-state index contributed by atoms with van der Waals surface area (Å²) in [4.78, 5) is 12.4. The molecule has 0 unspecified atom stereocenters. The van der Waals surface area contributed by atoms with Gasteiger partial charge < -0.3 is 15.6 Å². The minimum absolute atomic E-state index is 0.0215. The van der Waals surface area contributed by atoms with Crippen molar-refractivity contribution in [2.45, 2.75) is 6.54 Å². The van der Waals surface area contributed by atoms with E-state index in [0.717, 1.165) is 0 Å². The molecule has 0 aliphatic carbocycles. The third-order valence-corrected chi connectivity index (χ3v) is 2.42. The van der Waals surface area contributed by atoms with Gasteiger partial charge in [-0.05, 0) is 13.1 Å². The number of hydrogen-bond acceptors (Lipinski definition) is 4. The highest BCUT2D eigenvalue weighted by atomic mass is 35.5. The summed E-state index contributed by atoms with van der Waals surface area (Å²) >= 11 is 5.89. The van der Waals surface area contributed by atoms with Crippen molar-refractivity contribution in [2.24, 2.45) is 5.73 Å². The molecule has 5 nitrogen and oxygen atoms in total. The summed E-state index contributed by atoms with van der Waals surface area (Å²) in [5, 5.41) is 10.3. The molecule has 0 heterocycles. The lowest BCUT2D eigenvalue weighted by atomic mass is 10.1. The Hall–Kier alpha value is -1.46. The second-order valence-electron chi connectivity index (χ2n) is 3.75. The van der Waals surface area contributed by atoms with Crippen LogP contribution in [0.1, 0.15) is 5.56 Å². The molecule has 6 heteroatoms.